The van der Waals surface area contributed by atoms with Gasteiger partial charge in [-0.1, -0.05) is 32.4 Å². The summed E-state index contributed by atoms with van der Waals surface area (Å²) in [6.45, 7) is 6.74. The number of ether oxygens (including phenoxy) is 1. The zero-order valence-electron chi connectivity index (χ0n) is 12.9. The van der Waals surface area contributed by atoms with Gasteiger partial charge in [-0.25, -0.2) is 0 Å². The molecule has 2 heteroatoms. The Kier molecular flexibility index (Phi) is 3.91. The second-order valence-corrected chi connectivity index (χ2v) is 7.26. The molecule has 0 radical (unpaired) electrons. The zero-order valence-corrected chi connectivity index (χ0v) is 12.9. The van der Waals surface area contributed by atoms with Gasteiger partial charge in [0.15, 0.2) is 0 Å². The van der Waals surface area contributed by atoms with Gasteiger partial charge < -0.3 is 10.1 Å². The van der Waals surface area contributed by atoms with Crippen LogP contribution in [0.4, 0.5) is 5.69 Å². The molecule has 1 N–H and O–H groups in total. The van der Waals surface area contributed by atoms with Crippen molar-refractivity contribution >= 4 is 5.69 Å². The molecule has 1 aromatic rings. The molecule has 1 heterocycles. The quantitative estimate of drug-likeness (QED) is 0.866. The van der Waals surface area contributed by atoms with E-state index in [9.17, 15) is 0 Å². The minimum absolute atomic E-state index is 0.501. The van der Waals surface area contributed by atoms with Crippen LogP contribution in [-0.4, -0.2) is 13.2 Å². The molecular formula is C18H27NO. The van der Waals surface area contributed by atoms with Crippen molar-refractivity contribution in [2.24, 2.45) is 11.3 Å². The lowest BCUT2D eigenvalue weighted by Gasteiger charge is -2.35. The lowest BCUT2D eigenvalue weighted by Crippen LogP contribution is -2.26. The number of hydrogen-bond acceptors (Lipinski definition) is 2. The van der Waals surface area contributed by atoms with Crippen LogP contribution < -0.4 is 10.1 Å². The van der Waals surface area contributed by atoms with Crippen molar-refractivity contribution in [3.8, 4) is 5.75 Å². The Balaban J connectivity index is 1.64. The number of rotatable bonds is 3. The fourth-order valence-corrected chi connectivity index (χ4v) is 3.80. The van der Waals surface area contributed by atoms with Gasteiger partial charge in [-0.3, -0.25) is 0 Å². The lowest BCUT2D eigenvalue weighted by molar-refractivity contribution is 0.130. The number of anilines is 1. The first-order valence-electron chi connectivity index (χ1n) is 8.13. The SMILES string of the molecule is CC1(C)CCCC(COc2cccc3c2NCCC3)C1. The van der Waals surface area contributed by atoms with E-state index in [1.807, 2.05) is 0 Å². The number of fused-ring (bicyclic) bond motifs is 1. The highest BCUT2D eigenvalue weighted by atomic mass is 16.5. The van der Waals surface area contributed by atoms with E-state index >= 15 is 0 Å². The number of aryl methyl sites for hydroxylation is 1. The summed E-state index contributed by atoms with van der Waals surface area (Å²) in [6.07, 6.45) is 7.75. The van der Waals surface area contributed by atoms with Crippen molar-refractivity contribution in [3.05, 3.63) is 23.8 Å². The maximum Gasteiger partial charge on any atom is 0.142 e. The molecule has 1 aliphatic heterocycles. The lowest BCUT2D eigenvalue weighted by atomic mass is 9.72. The van der Waals surface area contributed by atoms with E-state index in [0.717, 1.165) is 24.8 Å². The molecule has 2 nitrogen and oxygen atoms in total. The first kappa shape index (κ1) is 13.8. The Morgan fingerprint density at radius 3 is 3.05 bits per heavy atom. The van der Waals surface area contributed by atoms with E-state index in [1.165, 1.54) is 49.8 Å². The topological polar surface area (TPSA) is 21.3 Å². The van der Waals surface area contributed by atoms with Crippen LogP contribution in [0, 0.1) is 11.3 Å². The summed E-state index contributed by atoms with van der Waals surface area (Å²) in [4.78, 5) is 0. The summed E-state index contributed by atoms with van der Waals surface area (Å²) >= 11 is 0. The summed E-state index contributed by atoms with van der Waals surface area (Å²) in [5.41, 5.74) is 3.16. The van der Waals surface area contributed by atoms with Gasteiger partial charge in [0.25, 0.3) is 0 Å². The third kappa shape index (κ3) is 3.11. The van der Waals surface area contributed by atoms with Crippen LogP contribution in [-0.2, 0) is 6.42 Å². The van der Waals surface area contributed by atoms with E-state index in [-0.39, 0.29) is 0 Å². The minimum Gasteiger partial charge on any atom is -0.491 e. The van der Waals surface area contributed by atoms with Crippen molar-refractivity contribution < 1.29 is 4.74 Å². The van der Waals surface area contributed by atoms with Crippen LogP contribution >= 0.6 is 0 Å². The van der Waals surface area contributed by atoms with Gasteiger partial charge in [0.05, 0.1) is 12.3 Å². The zero-order chi connectivity index (χ0) is 14.0. The van der Waals surface area contributed by atoms with Gasteiger partial charge in [-0.05, 0) is 55.1 Å². The molecule has 1 aliphatic carbocycles. The van der Waals surface area contributed by atoms with Gasteiger partial charge >= 0.3 is 0 Å². The molecule has 1 atom stereocenters. The summed E-state index contributed by atoms with van der Waals surface area (Å²) < 4.78 is 6.17. The molecule has 0 bridgehead atoms. The molecule has 110 valence electrons. The second kappa shape index (κ2) is 5.67. The van der Waals surface area contributed by atoms with E-state index in [2.05, 4.69) is 37.4 Å². The average molecular weight is 273 g/mol. The predicted molar refractivity (Wildman–Crippen MR) is 84.5 cm³/mol. The Hall–Kier alpha value is -1.18. The normalized spacial score (nSPS) is 24.6. The van der Waals surface area contributed by atoms with Gasteiger partial charge in [-0.15, -0.1) is 0 Å². The van der Waals surface area contributed by atoms with Crippen molar-refractivity contribution in [1.82, 2.24) is 0 Å². The third-order valence-corrected chi connectivity index (χ3v) is 4.82. The standard InChI is InChI=1S/C18H27NO/c1-18(2)10-4-6-14(12-18)13-20-16-9-3-7-15-8-5-11-19-17(15)16/h3,7,9,14,19H,4-6,8,10-13H2,1-2H3. The van der Waals surface area contributed by atoms with E-state index in [4.69, 9.17) is 4.74 Å². The highest BCUT2D eigenvalue weighted by Gasteiger charge is 2.28. The average Bonchev–Trinajstić information content (AvgIpc) is 2.44. The molecule has 1 aromatic carbocycles. The maximum atomic E-state index is 6.17. The van der Waals surface area contributed by atoms with Crippen LogP contribution in [0.1, 0.15) is 51.5 Å². The van der Waals surface area contributed by atoms with Gasteiger partial charge in [0.2, 0.25) is 0 Å². The third-order valence-electron chi connectivity index (χ3n) is 4.82. The molecule has 0 spiro atoms. The van der Waals surface area contributed by atoms with Crippen molar-refractivity contribution in [1.29, 1.82) is 0 Å². The van der Waals surface area contributed by atoms with Crippen molar-refractivity contribution in [3.63, 3.8) is 0 Å². The molecular weight excluding hydrogens is 246 g/mol. The van der Waals surface area contributed by atoms with Gasteiger partial charge in [0.1, 0.15) is 5.75 Å². The highest BCUT2D eigenvalue weighted by Crippen LogP contribution is 2.39. The second-order valence-electron chi connectivity index (χ2n) is 7.26. The number of benzene rings is 1. The molecule has 2 aliphatic rings. The summed E-state index contributed by atoms with van der Waals surface area (Å²) in [7, 11) is 0. The molecule has 20 heavy (non-hydrogen) atoms. The first-order valence-corrected chi connectivity index (χ1v) is 8.13. The van der Waals surface area contributed by atoms with Crippen LogP contribution in [0.3, 0.4) is 0 Å². The Morgan fingerprint density at radius 1 is 1.30 bits per heavy atom. The van der Waals surface area contributed by atoms with Gasteiger partial charge in [0, 0.05) is 6.54 Å². The largest absolute Gasteiger partial charge is 0.491 e. The van der Waals surface area contributed by atoms with E-state index in [0.29, 0.717) is 5.41 Å². The van der Waals surface area contributed by atoms with Crippen LogP contribution in [0.15, 0.2) is 18.2 Å². The maximum absolute atomic E-state index is 6.17. The van der Waals surface area contributed by atoms with Crippen molar-refractivity contribution in [2.75, 3.05) is 18.5 Å². The molecule has 1 fully saturated rings. The monoisotopic (exact) mass is 273 g/mol. The molecule has 0 saturated heterocycles. The first-order chi connectivity index (χ1) is 9.64. The van der Waals surface area contributed by atoms with Crippen LogP contribution in [0.25, 0.3) is 0 Å². The van der Waals surface area contributed by atoms with Crippen molar-refractivity contribution in [2.45, 2.75) is 52.4 Å². The Morgan fingerprint density at radius 2 is 2.20 bits per heavy atom. The number of para-hydroxylation sites is 1. The highest BCUT2D eigenvalue weighted by molar-refractivity contribution is 5.63. The predicted octanol–water partition coefficient (Wildman–Crippen LogP) is 4.64. The van der Waals surface area contributed by atoms with Crippen LogP contribution in [0.2, 0.25) is 0 Å². The fourth-order valence-electron chi connectivity index (χ4n) is 3.80. The molecule has 1 saturated carbocycles. The van der Waals surface area contributed by atoms with Crippen LogP contribution in [0.5, 0.6) is 5.75 Å². The minimum atomic E-state index is 0.501. The number of nitrogens with one attached hydrogen (secondary N) is 1. The Labute approximate surface area is 122 Å². The molecule has 0 amide bonds. The molecule has 0 aromatic heterocycles. The molecule has 3 rings (SSSR count). The fraction of sp³-hybridized carbons (Fsp3) is 0.667. The Bertz CT molecular complexity index is 466. The summed E-state index contributed by atoms with van der Waals surface area (Å²) in [6, 6.07) is 6.47. The van der Waals surface area contributed by atoms with E-state index < -0.39 is 0 Å². The number of hydrogen-bond donors (Lipinski definition) is 1. The van der Waals surface area contributed by atoms with E-state index in [1.54, 1.807) is 0 Å². The molecule has 1 unspecified atom stereocenters. The summed E-state index contributed by atoms with van der Waals surface area (Å²) in [5, 5.41) is 3.51. The smallest absolute Gasteiger partial charge is 0.142 e. The van der Waals surface area contributed by atoms with Gasteiger partial charge in [-0.2, -0.15) is 0 Å². The summed E-state index contributed by atoms with van der Waals surface area (Å²) in [5.74, 6) is 1.78.